The van der Waals surface area contributed by atoms with E-state index in [0.717, 1.165) is 47.8 Å². The quantitative estimate of drug-likeness (QED) is 0.625. The number of aromatic nitrogens is 3. The molecular formula is C24H30N4O3. The third-order valence-electron chi connectivity index (χ3n) is 5.76. The molecule has 1 amide bonds. The first-order valence-corrected chi connectivity index (χ1v) is 10.9. The van der Waals surface area contributed by atoms with Crippen LogP contribution in [0, 0.1) is 0 Å². The summed E-state index contributed by atoms with van der Waals surface area (Å²) < 4.78 is 14.3. The number of benzene rings is 1. The number of pyridine rings is 1. The number of amides is 1. The number of ether oxygens (including phenoxy) is 2. The number of imidazole rings is 1. The molecule has 1 aliphatic rings. The number of fused-ring (bicyclic) bond motifs is 1. The summed E-state index contributed by atoms with van der Waals surface area (Å²) in [6.45, 7) is 4.03. The first kappa shape index (κ1) is 21.3. The predicted octanol–water partition coefficient (Wildman–Crippen LogP) is 3.87. The van der Waals surface area contributed by atoms with Gasteiger partial charge in [0.1, 0.15) is 6.10 Å². The fourth-order valence-corrected chi connectivity index (χ4v) is 4.12. The second-order valence-electron chi connectivity index (χ2n) is 8.35. The summed E-state index contributed by atoms with van der Waals surface area (Å²) in [5, 5.41) is 2.85. The highest BCUT2D eigenvalue weighted by Crippen LogP contribution is 2.29. The third-order valence-corrected chi connectivity index (χ3v) is 5.76. The van der Waals surface area contributed by atoms with Crippen LogP contribution in [0.4, 0.5) is 0 Å². The Kier molecular flexibility index (Phi) is 6.51. The first-order chi connectivity index (χ1) is 15.0. The largest absolute Gasteiger partial charge is 0.461 e. The van der Waals surface area contributed by atoms with Gasteiger partial charge in [-0.05, 0) is 56.4 Å². The van der Waals surface area contributed by atoms with Crippen molar-refractivity contribution in [2.24, 2.45) is 7.05 Å². The molecule has 2 heterocycles. The van der Waals surface area contributed by atoms with Gasteiger partial charge in [-0.15, -0.1) is 0 Å². The number of aryl methyl sites for hydroxylation is 1. The Labute approximate surface area is 182 Å². The van der Waals surface area contributed by atoms with Crippen LogP contribution < -0.4 is 10.1 Å². The Morgan fingerprint density at radius 3 is 2.68 bits per heavy atom. The van der Waals surface area contributed by atoms with Crippen LogP contribution in [0.15, 0.2) is 42.7 Å². The van der Waals surface area contributed by atoms with E-state index in [1.54, 1.807) is 6.20 Å². The molecule has 1 aliphatic carbocycles. The molecule has 0 radical (unpaired) electrons. The third kappa shape index (κ3) is 5.22. The summed E-state index contributed by atoms with van der Waals surface area (Å²) in [4.78, 5) is 20.0. The van der Waals surface area contributed by atoms with Crippen LogP contribution in [0.5, 0.6) is 6.01 Å². The highest BCUT2D eigenvalue weighted by molar-refractivity contribution is 5.83. The molecule has 1 saturated carbocycles. The Morgan fingerprint density at radius 1 is 1.19 bits per heavy atom. The summed E-state index contributed by atoms with van der Waals surface area (Å²) in [7, 11) is 2.00. The van der Waals surface area contributed by atoms with Gasteiger partial charge in [-0.3, -0.25) is 14.3 Å². The molecule has 0 spiro atoms. The molecule has 0 aliphatic heterocycles. The van der Waals surface area contributed by atoms with Crippen molar-refractivity contribution in [3.63, 3.8) is 0 Å². The summed E-state index contributed by atoms with van der Waals surface area (Å²) in [6, 6.07) is 10.9. The molecule has 164 valence electrons. The standard InChI is InChI=1S/C24H30N4O3/c1-16(26-17(2)29)15-30-20-7-9-21(10-8-20)31-24-27-22-11-6-18(13-23(22)28(24)3)19-5-4-12-25-14-19/h4-6,11-14,16,20-21H,7-10,15H2,1-3H3,(H,26,29)/t16-,20-,21-/m0/s1. The van der Waals surface area contributed by atoms with E-state index >= 15 is 0 Å². The summed E-state index contributed by atoms with van der Waals surface area (Å²) in [5.41, 5.74) is 4.16. The molecule has 1 fully saturated rings. The van der Waals surface area contributed by atoms with E-state index in [9.17, 15) is 4.79 Å². The number of carbonyl (C=O) groups is 1. The van der Waals surface area contributed by atoms with Crippen LogP contribution in [0.2, 0.25) is 0 Å². The lowest BCUT2D eigenvalue weighted by Gasteiger charge is -2.29. The van der Waals surface area contributed by atoms with Crippen molar-refractivity contribution < 1.29 is 14.3 Å². The van der Waals surface area contributed by atoms with Gasteiger partial charge in [-0.1, -0.05) is 12.1 Å². The van der Waals surface area contributed by atoms with Gasteiger partial charge in [-0.25, -0.2) is 0 Å². The van der Waals surface area contributed by atoms with Gasteiger partial charge >= 0.3 is 0 Å². The Hall–Kier alpha value is -2.93. The average molecular weight is 423 g/mol. The SMILES string of the molecule is CC(=O)N[C@@H](C)CO[C@H]1CC[C@H](Oc2nc3ccc(-c4cccnc4)cc3n2C)CC1. The van der Waals surface area contributed by atoms with Crippen molar-refractivity contribution in [3.05, 3.63) is 42.7 Å². The molecule has 7 nitrogen and oxygen atoms in total. The van der Waals surface area contributed by atoms with Crippen molar-refractivity contribution in [3.8, 4) is 17.1 Å². The van der Waals surface area contributed by atoms with E-state index in [2.05, 4.69) is 28.5 Å². The number of hydrogen-bond acceptors (Lipinski definition) is 5. The minimum atomic E-state index is -0.0248. The van der Waals surface area contributed by atoms with Crippen molar-refractivity contribution >= 4 is 16.9 Å². The fraction of sp³-hybridized carbons (Fsp3) is 0.458. The van der Waals surface area contributed by atoms with Gasteiger partial charge in [0.25, 0.3) is 6.01 Å². The topological polar surface area (TPSA) is 78.3 Å². The second kappa shape index (κ2) is 9.47. The van der Waals surface area contributed by atoms with Crippen molar-refractivity contribution in [2.75, 3.05) is 6.61 Å². The van der Waals surface area contributed by atoms with Crippen LogP contribution in [-0.2, 0) is 16.6 Å². The Balaban J connectivity index is 1.35. The van der Waals surface area contributed by atoms with Gasteiger partial charge in [0.15, 0.2) is 0 Å². The van der Waals surface area contributed by atoms with Gasteiger partial charge in [0.05, 0.1) is 23.7 Å². The van der Waals surface area contributed by atoms with Crippen LogP contribution in [-0.4, -0.2) is 45.3 Å². The lowest BCUT2D eigenvalue weighted by molar-refractivity contribution is -0.120. The lowest BCUT2D eigenvalue weighted by atomic mass is 9.95. The van der Waals surface area contributed by atoms with Gasteiger partial charge in [0, 0.05) is 38.0 Å². The highest BCUT2D eigenvalue weighted by atomic mass is 16.5. The van der Waals surface area contributed by atoms with E-state index in [-0.39, 0.29) is 24.2 Å². The molecular weight excluding hydrogens is 392 g/mol. The number of nitrogens with one attached hydrogen (secondary N) is 1. The van der Waals surface area contributed by atoms with Crippen LogP contribution in [0.1, 0.15) is 39.5 Å². The minimum absolute atomic E-state index is 0.0248. The maximum absolute atomic E-state index is 11.1. The molecule has 3 aromatic rings. The molecule has 2 aromatic heterocycles. The Morgan fingerprint density at radius 2 is 1.97 bits per heavy atom. The number of carbonyl (C=O) groups excluding carboxylic acids is 1. The normalized spacial score (nSPS) is 19.8. The zero-order valence-electron chi connectivity index (χ0n) is 18.4. The molecule has 0 saturated heterocycles. The maximum Gasteiger partial charge on any atom is 0.297 e. The number of nitrogens with zero attached hydrogens (tertiary/aromatic N) is 3. The zero-order valence-corrected chi connectivity index (χ0v) is 18.4. The summed E-state index contributed by atoms with van der Waals surface area (Å²) >= 11 is 0. The van der Waals surface area contributed by atoms with Crippen molar-refractivity contribution in [1.29, 1.82) is 0 Å². The molecule has 1 aromatic carbocycles. The van der Waals surface area contributed by atoms with Crippen LogP contribution >= 0.6 is 0 Å². The van der Waals surface area contributed by atoms with Gasteiger partial charge in [0.2, 0.25) is 5.91 Å². The first-order valence-electron chi connectivity index (χ1n) is 10.9. The number of rotatable bonds is 7. The van der Waals surface area contributed by atoms with E-state index in [1.807, 2.05) is 36.9 Å². The van der Waals surface area contributed by atoms with E-state index < -0.39 is 0 Å². The van der Waals surface area contributed by atoms with Crippen molar-refractivity contribution in [2.45, 2.75) is 57.8 Å². The molecule has 1 N–H and O–H groups in total. The van der Waals surface area contributed by atoms with Crippen LogP contribution in [0.3, 0.4) is 0 Å². The highest BCUT2D eigenvalue weighted by Gasteiger charge is 2.25. The number of hydrogen-bond donors (Lipinski definition) is 1. The summed E-state index contributed by atoms with van der Waals surface area (Å²) in [6.07, 6.45) is 7.78. The van der Waals surface area contributed by atoms with Gasteiger partial charge in [-0.2, -0.15) is 4.98 Å². The smallest absolute Gasteiger partial charge is 0.297 e. The molecule has 0 unspecified atom stereocenters. The average Bonchev–Trinajstić information content (AvgIpc) is 3.08. The minimum Gasteiger partial charge on any atom is -0.461 e. The van der Waals surface area contributed by atoms with Crippen LogP contribution in [0.25, 0.3) is 22.2 Å². The fourth-order valence-electron chi connectivity index (χ4n) is 4.12. The molecule has 1 atom stereocenters. The molecule has 0 bridgehead atoms. The molecule has 31 heavy (non-hydrogen) atoms. The predicted molar refractivity (Wildman–Crippen MR) is 120 cm³/mol. The van der Waals surface area contributed by atoms with E-state index in [0.29, 0.717) is 12.6 Å². The molecule has 7 heteroatoms. The summed E-state index contributed by atoms with van der Waals surface area (Å²) in [5.74, 6) is -0.0248. The Bertz CT molecular complexity index is 1030. The lowest BCUT2D eigenvalue weighted by Crippen LogP contribution is -2.37. The monoisotopic (exact) mass is 422 g/mol. The zero-order chi connectivity index (χ0) is 21.8. The second-order valence-corrected chi connectivity index (χ2v) is 8.35. The van der Waals surface area contributed by atoms with E-state index in [4.69, 9.17) is 14.5 Å². The van der Waals surface area contributed by atoms with Crippen molar-refractivity contribution in [1.82, 2.24) is 19.9 Å². The maximum atomic E-state index is 11.1. The van der Waals surface area contributed by atoms with E-state index in [1.165, 1.54) is 6.92 Å². The van der Waals surface area contributed by atoms with Gasteiger partial charge < -0.3 is 14.8 Å². The molecule has 4 rings (SSSR count).